The molecule has 2 aliphatic heterocycles. The van der Waals surface area contributed by atoms with E-state index < -0.39 is 39.6 Å². The fourth-order valence-corrected chi connectivity index (χ4v) is 10.5. The Kier molecular flexibility index (Phi) is 7.24. The van der Waals surface area contributed by atoms with Crippen LogP contribution in [0.25, 0.3) is 10.8 Å². The molecule has 1 saturated carbocycles. The number of ether oxygens (including phenoxy) is 2. The van der Waals surface area contributed by atoms with E-state index in [1.54, 1.807) is 65.7 Å². The molecule has 0 bridgehead atoms. The van der Waals surface area contributed by atoms with Crippen LogP contribution in [0.1, 0.15) is 22.3 Å². The largest absolute Gasteiger partial charge is 0.468 e. The Morgan fingerprint density at radius 1 is 0.571 bits per heavy atom. The first kappa shape index (κ1) is 34.2. The van der Waals surface area contributed by atoms with Crippen molar-refractivity contribution in [3.05, 3.63) is 178 Å². The number of ketones is 1. The van der Waals surface area contributed by atoms with E-state index in [1.165, 1.54) is 19.2 Å². The number of carbonyl (C=O) groups is 3. The van der Waals surface area contributed by atoms with E-state index in [0.717, 1.165) is 10.8 Å². The van der Waals surface area contributed by atoms with Crippen molar-refractivity contribution in [1.29, 1.82) is 0 Å². The van der Waals surface area contributed by atoms with Gasteiger partial charge in [-0.05, 0) is 81.6 Å². The highest BCUT2D eigenvalue weighted by atomic mass is 35.5. The van der Waals surface area contributed by atoms with Crippen LogP contribution in [0, 0.1) is 5.41 Å². The van der Waals surface area contributed by atoms with E-state index in [2.05, 4.69) is 0 Å². The molecule has 0 amide bonds. The van der Waals surface area contributed by atoms with Crippen molar-refractivity contribution in [3.63, 3.8) is 0 Å². The standard InChI is InChI=1S/C45H30Cl2N4O5/c1-55-40(53)42-37(28-19-23-30(46)24-20-28)48-51(33-15-7-4-8-16-33)45(42)35-18-10-12-27-11-9-17-34(36(27)35)43(45)38(29-21-25-31(47)26-22-29)49-50(32-13-5-3-6-14-32)44(43,39(42)52)41(54)56-2/h3-26H,1-2H3. The fraction of sp³-hybridized carbons (Fsp3) is 0.133. The SMILES string of the molecule is COC(=O)C12C(=O)C3(C(=O)OC)N(c4ccccc4)N=C(c4ccc(Cl)cc4)C34c3cccc5cccc(c35)C14N(c1ccccc1)N=C2c1ccc(Cl)cc1. The lowest BCUT2D eigenvalue weighted by Gasteiger charge is -2.50. The number of hydrogen-bond donors (Lipinski definition) is 0. The van der Waals surface area contributed by atoms with Crippen LogP contribution in [-0.4, -0.2) is 48.9 Å². The third-order valence-corrected chi connectivity index (χ3v) is 12.5. The number of benzene rings is 6. The molecule has 0 saturated heterocycles. The van der Waals surface area contributed by atoms with Gasteiger partial charge < -0.3 is 9.47 Å². The van der Waals surface area contributed by atoms with Crippen LogP contribution in [0.15, 0.2) is 156 Å². The lowest BCUT2D eigenvalue weighted by molar-refractivity contribution is -0.157. The van der Waals surface area contributed by atoms with Crippen LogP contribution in [0.5, 0.6) is 0 Å². The number of rotatable bonds is 6. The van der Waals surface area contributed by atoms with Crippen LogP contribution in [0.3, 0.4) is 0 Å². The Labute approximate surface area is 331 Å². The summed E-state index contributed by atoms with van der Waals surface area (Å²) in [5.41, 5.74) is -4.96. The summed E-state index contributed by atoms with van der Waals surface area (Å²) >= 11 is 13.0. The molecule has 2 aliphatic carbocycles. The summed E-state index contributed by atoms with van der Waals surface area (Å²) in [6, 6.07) is 43.8. The Bertz CT molecular complexity index is 2720. The topological polar surface area (TPSA) is 101 Å². The van der Waals surface area contributed by atoms with E-state index in [-0.39, 0.29) is 5.71 Å². The van der Waals surface area contributed by atoms with Crippen LogP contribution in [0.2, 0.25) is 10.0 Å². The molecule has 56 heavy (non-hydrogen) atoms. The van der Waals surface area contributed by atoms with E-state index >= 15 is 14.4 Å². The molecule has 1 fully saturated rings. The minimum atomic E-state index is -2.39. The number of esters is 2. The van der Waals surface area contributed by atoms with Gasteiger partial charge in [-0.15, -0.1) is 0 Å². The highest BCUT2D eigenvalue weighted by Gasteiger charge is 2.99. The van der Waals surface area contributed by atoms with Crippen LogP contribution in [0.4, 0.5) is 11.4 Å². The summed E-state index contributed by atoms with van der Waals surface area (Å²) in [5.74, 6) is -2.62. The van der Waals surface area contributed by atoms with E-state index in [0.29, 0.717) is 49.4 Å². The zero-order valence-electron chi connectivity index (χ0n) is 29.9. The van der Waals surface area contributed by atoms with Crippen molar-refractivity contribution < 1.29 is 23.9 Å². The normalized spacial score (nSPS) is 25.4. The number of anilines is 2. The Balaban J connectivity index is 1.51. The van der Waals surface area contributed by atoms with Gasteiger partial charge in [0.15, 0.2) is 5.78 Å². The summed E-state index contributed by atoms with van der Waals surface area (Å²) in [5, 5.41) is 16.5. The number of halogens is 2. The molecule has 6 aromatic carbocycles. The molecule has 11 heteroatoms. The molecule has 2 heterocycles. The predicted molar refractivity (Wildman–Crippen MR) is 215 cm³/mol. The second kappa shape index (κ2) is 11.9. The molecule has 4 unspecified atom stereocenters. The van der Waals surface area contributed by atoms with Gasteiger partial charge >= 0.3 is 11.9 Å². The molecule has 0 radical (unpaired) electrons. The highest BCUT2D eigenvalue weighted by Crippen LogP contribution is 2.79. The molecule has 10 rings (SSSR count). The first-order chi connectivity index (χ1) is 27.3. The monoisotopic (exact) mass is 776 g/mol. The molecule has 6 aromatic rings. The van der Waals surface area contributed by atoms with Crippen LogP contribution in [-0.2, 0) is 34.8 Å². The molecular weight excluding hydrogens is 747 g/mol. The molecule has 0 N–H and O–H groups in total. The molecule has 274 valence electrons. The number of methoxy groups -OCH3 is 2. The molecule has 4 aliphatic rings. The van der Waals surface area contributed by atoms with E-state index in [1.807, 2.05) is 84.9 Å². The highest BCUT2D eigenvalue weighted by molar-refractivity contribution is 6.45. The number of hydrazone groups is 2. The minimum absolute atomic E-state index is 0.0835. The van der Waals surface area contributed by atoms with Crippen molar-refractivity contribution in [3.8, 4) is 0 Å². The lowest BCUT2D eigenvalue weighted by Crippen LogP contribution is -2.71. The zero-order chi connectivity index (χ0) is 38.6. The molecule has 0 aromatic heterocycles. The third-order valence-electron chi connectivity index (χ3n) is 12.0. The van der Waals surface area contributed by atoms with Crippen molar-refractivity contribution in [2.24, 2.45) is 15.6 Å². The molecule has 4 atom stereocenters. The van der Waals surface area contributed by atoms with Crippen molar-refractivity contribution in [1.82, 2.24) is 0 Å². The van der Waals surface area contributed by atoms with Crippen LogP contribution < -0.4 is 10.0 Å². The van der Waals surface area contributed by atoms with Gasteiger partial charge in [0.2, 0.25) is 11.0 Å². The van der Waals surface area contributed by atoms with Crippen molar-refractivity contribution >= 4 is 74.5 Å². The van der Waals surface area contributed by atoms with Gasteiger partial charge in [0.05, 0.1) is 37.0 Å². The second-order valence-corrected chi connectivity index (χ2v) is 15.0. The maximum Gasteiger partial charge on any atom is 0.343 e. The summed E-state index contributed by atoms with van der Waals surface area (Å²) in [6.07, 6.45) is 0. The zero-order valence-corrected chi connectivity index (χ0v) is 31.5. The van der Waals surface area contributed by atoms with Gasteiger partial charge in [-0.2, -0.15) is 10.2 Å². The van der Waals surface area contributed by atoms with Gasteiger partial charge in [-0.1, -0.05) is 120 Å². The van der Waals surface area contributed by atoms with Gasteiger partial charge in [0.25, 0.3) is 0 Å². The average molecular weight is 778 g/mol. The maximum atomic E-state index is 17.0. The Hall–Kier alpha value is -6.29. The van der Waals surface area contributed by atoms with Gasteiger partial charge in [0, 0.05) is 10.0 Å². The van der Waals surface area contributed by atoms with Gasteiger partial charge in [-0.25, -0.2) is 9.80 Å². The average Bonchev–Trinajstić information content (AvgIpc) is 3.88. The number of para-hydroxylation sites is 2. The lowest BCUT2D eigenvalue weighted by atomic mass is 9.54. The van der Waals surface area contributed by atoms with Crippen molar-refractivity contribution in [2.45, 2.75) is 16.5 Å². The summed E-state index contributed by atoms with van der Waals surface area (Å²) in [7, 11) is 2.50. The van der Waals surface area contributed by atoms with Crippen LogP contribution >= 0.6 is 23.2 Å². The first-order valence-electron chi connectivity index (χ1n) is 17.9. The molecule has 2 spiro atoms. The Morgan fingerprint density at radius 3 is 1.62 bits per heavy atom. The quantitative estimate of drug-likeness (QED) is 0.125. The van der Waals surface area contributed by atoms with E-state index in [9.17, 15) is 0 Å². The van der Waals surface area contributed by atoms with Gasteiger partial charge in [0.1, 0.15) is 11.0 Å². The Morgan fingerprint density at radius 2 is 1.07 bits per heavy atom. The smallest absolute Gasteiger partial charge is 0.343 e. The maximum absolute atomic E-state index is 17.0. The number of carbonyl (C=O) groups excluding carboxylic acids is 3. The molecular formula is C45H30Cl2N4O5. The summed E-state index contributed by atoms with van der Waals surface area (Å²) in [4.78, 5) is 48.3. The number of nitrogens with zero attached hydrogens (tertiary/aromatic N) is 4. The summed E-state index contributed by atoms with van der Waals surface area (Å²) in [6.45, 7) is 0. The number of Topliss-reactive ketones (excluding diaryl/α,β-unsaturated/α-hetero) is 1. The summed E-state index contributed by atoms with van der Waals surface area (Å²) < 4.78 is 11.7. The third kappa shape index (κ3) is 3.66. The van der Waals surface area contributed by atoms with Gasteiger partial charge in [-0.3, -0.25) is 14.6 Å². The van der Waals surface area contributed by atoms with Crippen molar-refractivity contribution in [2.75, 3.05) is 24.2 Å². The molecule has 9 nitrogen and oxygen atoms in total. The number of hydrogen-bond acceptors (Lipinski definition) is 9. The van der Waals surface area contributed by atoms with E-state index in [4.69, 9.17) is 42.9 Å². The fourth-order valence-electron chi connectivity index (χ4n) is 10.2. The second-order valence-electron chi connectivity index (χ2n) is 14.1. The predicted octanol–water partition coefficient (Wildman–Crippen LogP) is 8.10. The minimum Gasteiger partial charge on any atom is -0.468 e. The first-order valence-corrected chi connectivity index (χ1v) is 18.7.